The Morgan fingerprint density at radius 2 is 2.16 bits per heavy atom. The van der Waals surface area contributed by atoms with Gasteiger partial charge in [-0.05, 0) is 31.5 Å². The van der Waals surface area contributed by atoms with Gasteiger partial charge in [-0.2, -0.15) is 5.10 Å². The summed E-state index contributed by atoms with van der Waals surface area (Å²) in [6, 6.07) is 4.43. The van der Waals surface area contributed by atoms with Crippen molar-refractivity contribution < 1.29 is 9.50 Å². The molecule has 0 fully saturated rings. The van der Waals surface area contributed by atoms with Crippen LogP contribution in [0.15, 0.2) is 30.6 Å². The molecule has 2 aromatic rings. The minimum atomic E-state index is -0.699. The smallest absolute Gasteiger partial charge is 0.124 e. The second-order valence-electron chi connectivity index (χ2n) is 4.80. The molecule has 3 nitrogen and oxygen atoms in total. The number of rotatable bonds is 4. The van der Waals surface area contributed by atoms with Gasteiger partial charge in [-0.1, -0.05) is 17.7 Å². The maximum Gasteiger partial charge on any atom is 0.124 e. The highest BCUT2D eigenvalue weighted by Gasteiger charge is 2.14. The van der Waals surface area contributed by atoms with E-state index < -0.39 is 6.10 Å². The molecule has 1 aromatic carbocycles. The highest BCUT2D eigenvalue weighted by atomic mass is 35.5. The third-order valence-corrected chi connectivity index (χ3v) is 3.32. The molecule has 102 valence electrons. The summed E-state index contributed by atoms with van der Waals surface area (Å²) in [5.74, 6) is -0.379. The van der Waals surface area contributed by atoms with Crippen molar-refractivity contribution in [2.75, 3.05) is 0 Å². The number of aromatic nitrogens is 2. The van der Waals surface area contributed by atoms with Gasteiger partial charge in [0.1, 0.15) is 5.82 Å². The lowest BCUT2D eigenvalue weighted by atomic mass is 10.0. The van der Waals surface area contributed by atoms with Crippen LogP contribution in [0.1, 0.15) is 37.1 Å². The third-order valence-electron chi connectivity index (χ3n) is 2.96. The highest BCUT2D eigenvalue weighted by Crippen LogP contribution is 2.24. The fraction of sp³-hybridized carbons (Fsp3) is 0.357. The standard InChI is InChI=1S/C14H16ClFN2O/c1-9(2)18-8-11(7-17-18)14(19)5-10-3-4-12(16)6-13(10)15/h3-4,6-9,14,19H,5H2,1-2H3. The van der Waals surface area contributed by atoms with Crippen LogP contribution in [-0.2, 0) is 6.42 Å². The summed E-state index contributed by atoms with van der Waals surface area (Å²) in [4.78, 5) is 0. The van der Waals surface area contributed by atoms with E-state index in [-0.39, 0.29) is 11.9 Å². The number of benzene rings is 1. The van der Waals surface area contributed by atoms with Gasteiger partial charge >= 0.3 is 0 Å². The minimum absolute atomic E-state index is 0.246. The molecule has 0 saturated carbocycles. The number of aliphatic hydroxyl groups excluding tert-OH is 1. The number of aliphatic hydroxyl groups is 1. The van der Waals surface area contributed by atoms with Crippen molar-refractivity contribution in [3.05, 3.63) is 52.6 Å². The lowest BCUT2D eigenvalue weighted by molar-refractivity contribution is 0.178. The van der Waals surface area contributed by atoms with Crippen LogP contribution in [0.3, 0.4) is 0 Å². The zero-order chi connectivity index (χ0) is 14.0. The average Bonchev–Trinajstić information content (AvgIpc) is 2.82. The maximum absolute atomic E-state index is 12.9. The Kier molecular flexibility index (Phi) is 4.22. The zero-order valence-electron chi connectivity index (χ0n) is 10.8. The fourth-order valence-corrected chi connectivity index (χ4v) is 2.06. The number of halogens is 2. The Labute approximate surface area is 116 Å². The van der Waals surface area contributed by atoms with E-state index in [2.05, 4.69) is 5.10 Å². The number of hydrogen-bond donors (Lipinski definition) is 1. The van der Waals surface area contributed by atoms with Crippen molar-refractivity contribution in [2.45, 2.75) is 32.4 Å². The first-order valence-electron chi connectivity index (χ1n) is 6.13. The summed E-state index contributed by atoms with van der Waals surface area (Å²) in [6.45, 7) is 4.03. The summed E-state index contributed by atoms with van der Waals surface area (Å²) >= 11 is 5.94. The quantitative estimate of drug-likeness (QED) is 0.931. The van der Waals surface area contributed by atoms with Crippen LogP contribution in [0.5, 0.6) is 0 Å². The van der Waals surface area contributed by atoms with Crippen molar-refractivity contribution >= 4 is 11.6 Å². The summed E-state index contributed by atoms with van der Waals surface area (Å²) in [5.41, 5.74) is 1.45. The van der Waals surface area contributed by atoms with Crippen LogP contribution in [0.2, 0.25) is 5.02 Å². The molecule has 0 aliphatic heterocycles. The minimum Gasteiger partial charge on any atom is -0.388 e. The van der Waals surface area contributed by atoms with E-state index >= 15 is 0 Å². The van der Waals surface area contributed by atoms with Gasteiger partial charge in [0, 0.05) is 29.2 Å². The molecule has 0 bridgehead atoms. The van der Waals surface area contributed by atoms with Crippen molar-refractivity contribution in [2.24, 2.45) is 0 Å². The van der Waals surface area contributed by atoms with E-state index in [1.165, 1.54) is 12.1 Å². The predicted molar refractivity (Wildman–Crippen MR) is 72.7 cm³/mol. The first-order chi connectivity index (χ1) is 8.97. The molecule has 1 N–H and O–H groups in total. The van der Waals surface area contributed by atoms with Crippen molar-refractivity contribution in [3.63, 3.8) is 0 Å². The molecule has 19 heavy (non-hydrogen) atoms. The number of hydrogen-bond acceptors (Lipinski definition) is 2. The monoisotopic (exact) mass is 282 g/mol. The van der Waals surface area contributed by atoms with E-state index in [0.29, 0.717) is 17.0 Å². The van der Waals surface area contributed by atoms with Gasteiger partial charge < -0.3 is 5.11 Å². The maximum atomic E-state index is 12.9. The van der Waals surface area contributed by atoms with Gasteiger partial charge in [-0.15, -0.1) is 0 Å². The molecule has 1 heterocycles. The predicted octanol–water partition coefficient (Wildman–Crippen LogP) is 3.53. The first kappa shape index (κ1) is 14.0. The summed E-state index contributed by atoms with van der Waals surface area (Å²) in [6.07, 6.45) is 3.09. The van der Waals surface area contributed by atoms with Crippen LogP contribution in [-0.4, -0.2) is 14.9 Å². The highest BCUT2D eigenvalue weighted by molar-refractivity contribution is 6.31. The molecule has 0 aliphatic rings. The Bertz CT molecular complexity index is 568. The topological polar surface area (TPSA) is 38.0 Å². The zero-order valence-corrected chi connectivity index (χ0v) is 11.6. The van der Waals surface area contributed by atoms with Gasteiger partial charge in [-0.25, -0.2) is 4.39 Å². The second kappa shape index (κ2) is 5.72. The molecule has 1 aromatic heterocycles. The molecule has 5 heteroatoms. The van der Waals surface area contributed by atoms with Crippen LogP contribution < -0.4 is 0 Å². The van der Waals surface area contributed by atoms with E-state index in [1.54, 1.807) is 16.9 Å². The molecular weight excluding hydrogens is 267 g/mol. The summed E-state index contributed by atoms with van der Waals surface area (Å²) in [5, 5.41) is 14.7. The molecule has 0 radical (unpaired) electrons. The Morgan fingerprint density at radius 1 is 1.42 bits per heavy atom. The van der Waals surface area contributed by atoms with Crippen LogP contribution in [0, 0.1) is 5.82 Å². The molecule has 0 spiro atoms. The van der Waals surface area contributed by atoms with E-state index in [4.69, 9.17) is 11.6 Å². The van der Waals surface area contributed by atoms with Crippen molar-refractivity contribution in [1.29, 1.82) is 0 Å². The molecular formula is C14H16ClFN2O. The first-order valence-corrected chi connectivity index (χ1v) is 6.51. The van der Waals surface area contributed by atoms with E-state index in [1.807, 2.05) is 20.0 Å². The molecule has 1 unspecified atom stereocenters. The second-order valence-corrected chi connectivity index (χ2v) is 5.21. The molecule has 0 amide bonds. The molecule has 0 saturated heterocycles. The van der Waals surface area contributed by atoms with Crippen LogP contribution >= 0.6 is 11.6 Å². The summed E-state index contributed by atoms with van der Waals surface area (Å²) < 4.78 is 14.7. The van der Waals surface area contributed by atoms with Gasteiger partial charge in [0.25, 0.3) is 0 Å². The van der Waals surface area contributed by atoms with Gasteiger partial charge in [0.05, 0.1) is 12.3 Å². The van der Waals surface area contributed by atoms with Crippen LogP contribution in [0.25, 0.3) is 0 Å². The van der Waals surface area contributed by atoms with Gasteiger partial charge in [-0.3, -0.25) is 4.68 Å². The molecule has 0 aliphatic carbocycles. The third kappa shape index (κ3) is 3.33. The summed E-state index contributed by atoms with van der Waals surface area (Å²) in [7, 11) is 0. The molecule has 2 rings (SSSR count). The molecule has 1 atom stereocenters. The van der Waals surface area contributed by atoms with Gasteiger partial charge in [0.2, 0.25) is 0 Å². The normalized spacial score (nSPS) is 12.9. The van der Waals surface area contributed by atoms with Crippen LogP contribution in [0.4, 0.5) is 4.39 Å². The largest absolute Gasteiger partial charge is 0.388 e. The Hall–Kier alpha value is -1.39. The Balaban J connectivity index is 2.13. The van der Waals surface area contributed by atoms with Crippen molar-refractivity contribution in [3.8, 4) is 0 Å². The Morgan fingerprint density at radius 3 is 2.74 bits per heavy atom. The fourth-order valence-electron chi connectivity index (χ4n) is 1.82. The van der Waals surface area contributed by atoms with E-state index in [9.17, 15) is 9.50 Å². The lowest BCUT2D eigenvalue weighted by Crippen LogP contribution is -2.03. The number of nitrogens with zero attached hydrogens (tertiary/aromatic N) is 2. The average molecular weight is 283 g/mol. The lowest BCUT2D eigenvalue weighted by Gasteiger charge is -2.10. The van der Waals surface area contributed by atoms with Gasteiger partial charge in [0.15, 0.2) is 0 Å². The van der Waals surface area contributed by atoms with E-state index in [0.717, 1.165) is 5.56 Å². The SMILES string of the molecule is CC(C)n1cc(C(O)Cc2ccc(F)cc2Cl)cn1. The van der Waals surface area contributed by atoms with Crippen molar-refractivity contribution in [1.82, 2.24) is 9.78 Å².